The molecule has 0 saturated carbocycles. The molecule has 0 spiro atoms. The summed E-state index contributed by atoms with van der Waals surface area (Å²) in [6.45, 7) is 13.2. The first-order chi connectivity index (χ1) is 11.1. The molecular formula is C21H31NS. The van der Waals surface area contributed by atoms with Gasteiger partial charge in [0.15, 0.2) is 0 Å². The van der Waals surface area contributed by atoms with E-state index in [1.807, 2.05) is 11.8 Å². The molecule has 0 aliphatic rings. The van der Waals surface area contributed by atoms with E-state index < -0.39 is 0 Å². The predicted molar refractivity (Wildman–Crippen MR) is 105 cm³/mol. The third-order valence-corrected chi connectivity index (χ3v) is 4.85. The third-order valence-electron chi connectivity index (χ3n) is 3.50. The fraction of sp³-hybridized carbons (Fsp3) is 0.429. The fourth-order valence-electron chi connectivity index (χ4n) is 2.18. The Morgan fingerprint density at radius 1 is 0.783 bits per heavy atom. The van der Waals surface area contributed by atoms with Gasteiger partial charge in [0.1, 0.15) is 0 Å². The Labute approximate surface area is 146 Å². The molecule has 0 aliphatic carbocycles. The minimum Gasteiger partial charge on any atom is -0.317 e. The highest BCUT2D eigenvalue weighted by atomic mass is 32.2. The largest absolute Gasteiger partial charge is 0.317 e. The summed E-state index contributed by atoms with van der Waals surface area (Å²) in [6, 6.07) is 15.1. The zero-order valence-corrected chi connectivity index (χ0v) is 16.1. The molecule has 2 heteroatoms. The minimum atomic E-state index is 1.17. The maximum absolute atomic E-state index is 3.28. The highest BCUT2D eigenvalue weighted by Gasteiger charge is 2.03. The molecule has 0 bridgehead atoms. The van der Waals surface area contributed by atoms with E-state index >= 15 is 0 Å². The van der Waals surface area contributed by atoms with Crippen molar-refractivity contribution < 1.29 is 0 Å². The average Bonchev–Trinajstić information content (AvgIpc) is 2.53. The molecule has 2 rings (SSSR count). The summed E-state index contributed by atoms with van der Waals surface area (Å²) in [7, 11) is 0. The van der Waals surface area contributed by atoms with Gasteiger partial charge in [0.25, 0.3) is 0 Å². The second-order valence-electron chi connectivity index (χ2n) is 5.89. The van der Waals surface area contributed by atoms with E-state index in [1.165, 1.54) is 52.4 Å². The normalized spacial score (nSPS) is 10.1. The molecule has 0 aliphatic heterocycles. The van der Waals surface area contributed by atoms with Crippen LogP contribution in [0, 0.1) is 20.8 Å². The van der Waals surface area contributed by atoms with E-state index in [2.05, 4.69) is 82.4 Å². The predicted octanol–water partition coefficient (Wildman–Crippen LogP) is 6.16. The van der Waals surface area contributed by atoms with Crippen molar-refractivity contribution >= 4 is 11.8 Å². The first-order valence-electron chi connectivity index (χ1n) is 8.59. The monoisotopic (exact) mass is 329 g/mol. The molecule has 0 radical (unpaired) electrons. The molecule has 2 aromatic rings. The van der Waals surface area contributed by atoms with Gasteiger partial charge in [0, 0.05) is 9.79 Å². The van der Waals surface area contributed by atoms with Crippen molar-refractivity contribution in [1.29, 1.82) is 0 Å². The Morgan fingerprint density at radius 2 is 1.39 bits per heavy atom. The molecule has 0 heterocycles. The first kappa shape index (κ1) is 19.8. The van der Waals surface area contributed by atoms with Gasteiger partial charge in [-0.2, -0.15) is 0 Å². The average molecular weight is 330 g/mol. The van der Waals surface area contributed by atoms with Crippen LogP contribution in [0.2, 0.25) is 0 Å². The quantitative estimate of drug-likeness (QED) is 0.637. The van der Waals surface area contributed by atoms with Crippen LogP contribution in [0.25, 0.3) is 0 Å². The molecule has 1 N–H and O–H groups in total. The number of nitrogens with one attached hydrogen (secondary N) is 1. The lowest BCUT2D eigenvalue weighted by Gasteiger charge is -2.08. The summed E-state index contributed by atoms with van der Waals surface area (Å²) in [5, 5.41) is 3.28. The highest BCUT2D eigenvalue weighted by Crippen LogP contribution is 2.32. The van der Waals surface area contributed by atoms with Gasteiger partial charge in [0.2, 0.25) is 0 Å². The van der Waals surface area contributed by atoms with E-state index in [1.54, 1.807) is 0 Å². The van der Waals surface area contributed by atoms with Crippen molar-refractivity contribution in [3.8, 4) is 0 Å². The molecule has 1 nitrogen and oxygen atoms in total. The van der Waals surface area contributed by atoms with E-state index in [9.17, 15) is 0 Å². The second kappa shape index (κ2) is 11.3. The van der Waals surface area contributed by atoms with Crippen LogP contribution in [0.1, 0.15) is 43.4 Å². The topological polar surface area (TPSA) is 12.0 Å². The Morgan fingerprint density at radius 3 is 1.96 bits per heavy atom. The molecule has 2 aromatic carbocycles. The molecular weight excluding hydrogens is 298 g/mol. The Kier molecular flexibility index (Phi) is 9.74. The van der Waals surface area contributed by atoms with E-state index in [4.69, 9.17) is 0 Å². The van der Waals surface area contributed by atoms with Gasteiger partial charge in [0.05, 0.1) is 0 Å². The van der Waals surface area contributed by atoms with Crippen molar-refractivity contribution in [2.45, 2.75) is 57.3 Å². The van der Waals surface area contributed by atoms with Crippen LogP contribution >= 0.6 is 11.8 Å². The Bertz CT molecular complexity index is 574. The number of rotatable bonds is 6. The van der Waals surface area contributed by atoms with Crippen molar-refractivity contribution in [2.24, 2.45) is 0 Å². The standard InChI is InChI=1S/C15H16S.C6H15N/c1-11-8-9-15(13(3)10-11)16-14-7-5-4-6-12(14)2;1-3-5-7-6-4-2/h4-10H,1-3H3;7H,3-6H2,1-2H3. The van der Waals surface area contributed by atoms with Crippen LogP contribution in [-0.4, -0.2) is 13.1 Å². The van der Waals surface area contributed by atoms with Crippen molar-refractivity contribution in [1.82, 2.24) is 5.32 Å². The molecule has 0 saturated heterocycles. The van der Waals surface area contributed by atoms with E-state index in [0.717, 1.165) is 0 Å². The van der Waals surface area contributed by atoms with Crippen LogP contribution in [0.5, 0.6) is 0 Å². The summed E-state index contributed by atoms with van der Waals surface area (Å²) in [5.74, 6) is 0. The Hall–Kier alpha value is -1.25. The molecule has 0 atom stereocenters. The number of aryl methyl sites for hydroxylation is 3. The van der Waals surface area contributed by atoms with Crippen molar-refractivity contribution in [3.63, 3.8) is 0 Å². The molecule has 0 amide bonds. The van der Waals surface area contributed by atoms with Gasteiger partial charge in [-0.15, -0.1) is 0 Å². The lowest BCUT2D eigenvalue weighted by atomic mass is 10.2. The first-order valence-corrected chi connectivity index (χ1v) is 9.41. The molecule has 0 unspecified atom stereocenters. The smallest absolute Gasteiger partial charge is 0.0151 e. The lowest BCUT2D eigenvalue weighted by molar-refractivity contribution is 0.662. The van der Waals surface area contributed by atoms with Gasteiger partial charge in [-0.3, -0.25) is 0 Å². The summed E-state index contributed by atoms with van der Waals surface area (Å²) >= 11 is 1.85. The summed E-state index contributed by atoms with van der Waals surface area (Å²) in [6.07, 6.45) is 2.50. The van der Waals surface area contributed by atoms with Gasteiger partial charge in [-0.1, -0.05) is 61.5 Å². The Balaban J connectivity index is 0.000000322. The summed E-state index contributed by atoms with van der Waals surface area (Å²) < 4.78 is 0. The molecule has 0 fully saturated rings. The zero-order chi connectivity index (χ0) is 17.1. The van der Waals surface area contributed by atoms with Gasteiger partial charge in [-0.05, 0) is 70.0 Å². The maximum atomic E-state index is 3.28. The summed E-state index contributed by atoms with van der Waals surface area (Å²) in [4.78, 5) is 2.69. The van der Waals surface area contributed by atoms with Gasteiger partial charge >= 0.3 is 0 Å². The van der Waals surface area contributed by atoms with Crippen molar-refractivity contribution in [2.75, 3.05) is 13.1 Å². The maximum Gasteiger partial charge on any atom is 0.0151 e. The van der Waals surface area contributed by atoms with Crippen molar-refractivity contribution in [3.05, 3.63) is 59.2 Å². The fourth-order valence-corrected chi connectivity index (χ4v) is 3.15. The van der Waals surface area contributed by atoms with Crippen LogP contribution in [0.4, 0.5) is 0 Å². The summed E-state index contributed by atoms with van der Waals surface area (Å²) in [5.41, 5.74) is 4.02. The lowest BCUT2D eigenvalue weighted by Crippen LogP contribution is -2.14. The number of hydrogen-bond acceptors (Lipinski definition) is 2. The molecule has 126 valence electrons. The third kappa shape index (κ3) is 7.71. The van der Waals surface area contributed by atoms with E-state index in [0.29, 0.717) is 0 Å². The van der Waals surface area contributed by atoms with Crippen LogP contribution < -0.4 is 5.32 Å². The molecule has 23 heavy (non-hydrogen) atoms. The van der Waals surface area contributed by atoms with Crippen LogP contribution in [0.3, 0.4) is 0 Å². The van der Waals surface area contributed by atoms with Gasteiger partial charge in [-0.25, -0.2) is 0 Å². The molecule has 0 aromatic heterocycles. The highest BCUT2D eigenvalue weighted by molar-refractivity contribution is 7.99. The SMILES string of the molecule is CCCNCCC.Cc1ccc(Sc2ccccc2C)c(C)c1. The zero-order valence-electron chi connectivity index (χ0n) is 15.3. The second-order valence-corrected chi connectivity index (χ2v) is 6.97. The number of benzene rings is 2. The van der Waals surface area contributed by atoms with Crippen LogP contribution in [-0.2, 0) is 0 Å². The number of hydrogen-bond donors (Lipinski definition) is 1. The minimum absolute atomic E-state index is 1.17. The van der Waals surface area contributed by atoms with Crippen LogP contribution in [0.15, 0.2) is 52.3 Å². The van der Waals surface area contributed by atoms with Gasteiger partial charge < -0.3 is 5.32 Å². The van der Waals surface area contributed by atoms with E-state index in [-0.39, 0.29) is 0 Å².